The molecule has 0 saturated heterocycles. The maximum Gasteiger partial charge on any atom is 0.127 e. The first-order chi connectivity index (χ1) is 10.3. The third-order valence-corrected chi connectivity index (χ3v) is 3.11. The van der Waals surface area contributed by atoms with Gasteiger partial charge in [-0.25, -0.2) is 4.39 Å². The summed E-state index contributed by atoms with van der Waals surface area (Å²) >= 11 is 0. The number of aromatic nitrogens is 3. The second-order valence-corrected chi connectivity index (χ2v) is 4.66. The van der Waals surface area contributed by atoms with E-state index in [4.69, 9.17) is 0 Å². The molecule has 0 aliphatic carbocycles. The second kappa shape index (κ2) is 6.28. The number of nitrogens with zero attached hydrogens (tertiary/aromatic N) is 3. The summed E-state index contributed by atoms with van der Waals surface area (Å²) < 4.78 is 13.5. The summed E-state index contributed by atoms with van der Waals surface area (Å²) in [5.41, 5.74) is 2.38. The molecule has 0 aliphatic heterocycles. The minimum absolute atomic E-state index is 0.196. The number of benzene rings is 2. The van der Waals surface area contributed by atoms with Crippen LogP contribution in [-0.4, -0.2) is 15.0 Å². The third kappa shape index (κ3) is 3.32. The zero-order valence-corrected chi connectivity index (χ0v) is 11.4. The minimum Gasteiger partial charge on any atom is -0.307 e. The lowest BCUT2D eigenvalue weighted by Gasteiger charge is -2.03. The molecule has 5 heteroatoms. The van der Waals surface area contributed by atoms with Gasteiger partial charge in [0.2, 0.25) is 0 Å². The monoisotopic (exact) mass is 282 g/mol. The minimum atomic E-state index is -0.196. The van der Waals surface area contributed by atoms with Crippen molar-refractivity contribution in [1.29, 1.82) is 0 Å². The van der Waals surface area contributed by atoms with Crippen LogP contribution < -0.4 is 5.32 Å². The summed E-state index contributed by atoms with van der Waals surface area (Å²) in [5, 5.41) is 11.8. The molecule has 0 unspecified atom stereocenters. The predicted octanol–water partition coefficient (Wildman–Crippen LogP) is 2.70. The van der Waals surface area contributed by atoms with Gasteiger partial charge in [0.05, 0.1) is 17.6 Å². The molecule has 106 valence electrons. The van der Waals surface area contributed by atoms with Gasteiger partial charge in [-0.15, -0.1) is 0 Å². The van der Waals surface area contributed by atoms with Crippen molar-refractivity contribution in [3.05, 3.63) is 77.9 Å². The van der Waals surface area contributed by atoms with Crippen LogP contribution in [0, 0.1) is 5.82 Å². The van der Waals surface area contributed by atoms with E-state index in [9.17, 15) is 4.39 Å². The van der Waals surface area contributed by atoms with Crippen LogP contribution in [0.5, 0.6) is 0 Å². The van der Waals surface area contributed by atoms with E-state index in [0.29, 0.717) is 18.7 Å². The van der Waals surface area contributed by atoms with Crippen molar-refractivity contribution in [2.75, 3.05) is 0 Å². The number of hydrogen-bond donors (Lipinski definition) is 1. The zero-order valence-electron chi connectivity index (χ0n) is 11.4. The van der Waals surface area contributed by atoms with Gasteiger partial charge in [0.25, 0.3) is 0 Å². The summed E-state index contributed by atoms with van der Waals surface area (Å²) in [5.74, 6) is -0.196. The molecule has 3 rings (SSSR count). The molecular weight excluding hydrogens is 267 g/mol. The van der Waals surface area contributed by atoms with Gasteiger partial charge in [-0.05, 0) is 18.2 Å². The van der Waals surface area contributed by atoms with Gasteiger partial charge >= 0.3 is 0 Å². The zero-order chi connectivity index (χ0) is 14.5. The smallest absolute Gasteiger partial charge is 0.127 e. The van der Waals surface area contributed by atoms with Crippen molar-refractivity contribution in [2.45, 2.75) is 13.1 Å². The van der Waals surface area contributed by atoms with Crippen LogP contribution in [0.1, 0.15) is 11.3 Å². The summed E-state index contributed by atoms with van der Waals surface area (Å²) in [4.78, 5) is 1.58. The molecule has 0 amide bonds. The molecular formula is C16H15FN4. The predicted molar refractivity (Wildman–Crippen MR) is 78.3 cm³/mol. The van der Waals surface area contributed by atoms with E-state index in [1.165, 1.54) is 6.07 Å². The largest absolute Gasteiger partial charge is 0.307 e. The number of para-hydroxylation sites is 1. The molecule has 4 nitrogen and oxygen atoms in total. The molecule has 1 N–H and O–H groups in total. The summed E-state index contributed by atoms with van der Waals surface area (Å²) in [6.07, 6.45) is 1.71. The van der Waals surface area contributed by atoms with E-state index in [1.54, 1.807) is 23.1 Å². The van der Waals surface area contributed by atoms with Gasteiger partial charge in [-0.2, -0.15) is 15.0 Å². The molecule has 0 saturated carbocycles. The molecule has 0 spiro atoms. The van der Waals surface area contributed by atoms with Crippen molar-refractivity contribution in [1.82, 2.24) is 20.3 Å². The van der Waals surface area contributed by atoms with Gasteiger partial charge < -0.3 is 5.32 Å². The Kier molecular flexibility index (Phi) is 4.02. The molecule has 21 heavy (non-hydrogen) atoms. The Labute approximate surface area is 122 Å². The van der Waals surface area contributed by atoms with Crippen molar-refractivity contribution in [2.24, 2.45) is 0 Å². The number of halogens is 1. The highest BCUT2D eigenvalue weighted by Gasteiger charge is 2.03. The highest BCUT2D eigenvalue weighted by atomic mass is 19.1. The Balaban J connectivity index is 1.60. The Morgan fingerprint density at radius 3 is 2.52 bits per heavy atom. The van der Waals surface area contributed by atoms with Crippen LogP contribution in [-0.2, 0) is 13.1 Å². The summed E-state index contributed by atoms with van der Waals surface area (Å²) in [6.45, 7) is 1.01. The Morgan fingerprint density at radius 1 is 0.952 bits per heavy atom. The van der Waals surface area contributed by atoms with Gasteiger partial charge in [-0.3, -0.25) is 0 Å². The van der Waals surface area contributed by atoms with E-state index < -0.39 is 0 Å². The molecule has 0 fully saturated rings. The lowest BCUT2D eigenvalue weighted by atomic mass is 10.2. The fourth-order valence-corrected chi connectivity index (χ4v) is 2.03. The van der Waals surface area contributed by atoms with Crippen LogP contribution in [0.2, 0.25) is 0 Å². The van der Waals surface area contributed by atoms with Crippen LogP contribution in [0.25, 0.3) is 5.69 Å². The van der Waals surface area contributed by atoms with Crippen molar-refractivity contribution >= 4 is 0 Å². The fraction of sp³-hybridized carbons (Fsp3) is 0.125. The molecule has 0 atom stereocenters. The maximum absolute atomic E-state index is 13.5. The van der Waals surface area contributed by atoms with E-state index in [0.717, 1.165) is 11.4 Å². The standard InChI is InChI=1S/C16H15FN4/c17-16-9-5-4-6-13(16)10-18-11-14-12-19-21(20-14)15-7-2-1-3-8-15/h1-9,12,18H,10-11H2. The van der Waals surface area contributed by atoms with Crippen molar-refractivity contribution < 1.29 is 4.39 Å². The highest BCUT2D eigenvalue weighted by molar-refractivity contribution is 5.28. The number of hydrogen-bond acceptors (Lipinski definition) is 3. The fourth-order valence-electron chi connectivity index (χ4n) is 2.03. The van der Waals surface area contributed by atoms with Crippen LogP contribution in [0.15, 0.2) is 60.8 Å². The quantitative estimate of drug-likeness (QED) is 0.782. The van der Waals surface area contributed by atoms with Gasteiger partial charge in [0, 0.05) is 18.7 Å². The average molecular weight is 282 g/mol. The average Bonchev–Trinajstić information content (AvgIpc) is 2.99. The maximum atomic E-state index is 13.5. The van der Waals surface area contributed by atoms with E-state index in [1.807, 2.05) is 36.4 Å². The SMILES string of the molecule is Fc1ccccc1CNCc1cnn(-c2ccccc2)n1. The Bertz CT molecular complexity index is 709. The molecule has 2 aromatic carbocycles. The van der Waals surface area contributed by atoms with Crippen LogP contribution in [0.4, 0.5) is 4.39 Å². The first kappa shape index (κ1) is 13.5. The Hall–Kier alpha value is -2.53. The molecule has 0 aliphatic rings. The topological polar surface area (TPSA) is 42.7 Å². The number of rotatable bonds is 5. The van der Waals surface area contributed by atoms with Crippen molar-refractivity contribution in [3.8, 4) is 5.69 Å². The Morgan fingerprint density at radius 2 is 1.71 bits per heavy atom. The van der Waals surface area contributed by atoms with E-state index in [-0.39, 0.29) is 5.82 Å². The molecule has 0 bridgehead atoms. The molecule has 1 heterocycles. The van der Waals surface area contributed by atoms with Gasteiger partial charge in [-0.1, -0.05) is 36.4 Å². The number of nitrogens with one attached hydrogen (secondary N) is 1. The first-order valence-electron chi connectivity index (χ1n) is 6.74. The van der Waals surface area contributed by atoms with Crippen molar-refractivity contribution in [3.63, 3.8) is 0 Å². The first-order valence-corrected chi connectivity index (χ1v) is 6.74. The lowest BCUT2D eigenvalue weighted by Crippen LogP contribution is -2.14. The third-order valence-electron chi connectivity index (χ3n) is 3.11. The van der Waals surface area contributed by atoms with Gasteiger partial charge in [0.1, 0.15) is 5.82 Å². The molecule has 0 radical (unpaired) electrons. The molecule has 3 aromatic rings. The highest BCUT2D eigenvalue weighted by Crippen LogP contribution is 2.07. The van der Waals surface area contributed by atoms with Gasteiger partial charge in [0.15, 0.2) is 0 Å². The summed E-state index contributed by atoms with van der Waals surface area (Å²) in [7, 11) is 0. The van der Waals surface area contributed by atoms with E-state index in [2.05, 4.69) is 15.5 Å². The van der Waals surface area contributed by atoms with Crippen LogP contribution >= 0.6 is 0 Å². The second-order valence-electron chi connectivity index (χ2n) is 4.66. The van der Waals surface area contributed by atoms with Crippen LogP contribution in [0.3, 0.4) is 0 Å². The lowest BCUT2D eigenvalue weighted by molar-refractivity contribution is 0.584. The summed E-state index contributed by atoms with van der Waals surface area (Å²) in [6, 6.07) is 16.4. The van der Waals surface area contributed by atoms with E-state index >= 15 is 0 Å². The molecule has 1 aromatic heterocycles. The normalized spacial score (nSPS) is 10.7.